The second-order valence-electron chi connectivity index (χ2n) is 3.31. The van der Waals surface area contributed by atoms with Crippen molar-refractivity contribution >= 4 is 5.97 Å². The molecule has 0 aromatic heterocycles. The Morgan fingerprint density at radius 3 is 2.53 bits per heavy atom. The molecule has 1 N–H and O–H groups in total. The lowest BCUT2D eigenvalue weighted by Gasteiger charge is -2.13. The summed E-state index contributed by atoms with van der Waals surface area (Å²) < 4.78 is 13.2. The van der Waals surface area contributed by atoms with Gasteiger partial charge in [-0.2, -0.15) is 0 Å². The second-order valence-corrected chi connectivity index (χ2v) is 3.31. The molecule has 1 aromatic carbocycles. The van der Waals surface area contributed by atoms with E-state index in [1.807, 2.05) is 6.07 Å². The molecule has 0 heterocycles. The van der Waals surface area contributed by atoms with Gasteiger partial charge in [-0.15, -0.1) is 6.58 Å². The van der Waals surface area contributed by atoms with E-state index in [4.69, 9.17) is 5.11 Å². The van der Waals surface area contributed by atoms with Gasteiger partial charge < -0.3 is 5.11 Å². The predicted octanol–water partition coefficient (Wildman–Crippen LogP) is 2.45. The van der Waals surface area contributed by atoms with Crippen molar-refractivity contribution < 1.29 is 14.3 Å². The first kappa shape index (κ1) is 11.4. The molecule has 0 aliphatic heterocycles. The zero-order valence-corrected chi connectivity index (χ0v) is 8.27. The van der Waals surface area contributed by atoms with Crippen molar-refractivity contribution in [3.8, 4) is 0 Å². The van der Waals surface area contributed by atoms with Crippen molar-refractivity contribution in [3.63, 3.8) is 0 Å². The molecule has 0 spiro atoms. The largest absolute Gasteiger partial charge is 0.481 e. The fourth-order valence-corrected chi connectivity index (χ4v) is 1.37. The molecule has 3 heteroatoms. The molecule has 0 radical (unpaired) electrons. The number of benzene rings is 1. The van der Waals surface area contributed by atoms with E-state index < -0.39 is 18.1 Å². The smallest absolute Gasteiger partial charge is 0.310 e. The Kier molecular flexibility index (Phi) is 4.03. The Morgan fingerprint density at radius 2 is 2.07 bits per heavy atom. The maximum Gasteiger partial charge on any atom is 0.310 e. The molecule has 15 heavy (non-hydrogen) atoms. The van der Waals surface area contributed by atoms with Crippen LogP contribution >= 0.6 is 0 Å². The van der Waals surface area contributed by atoms with E-state index >= 15 is 0 Å². The quantitative estimate of drug-likeness (QED) is 0.755. The zero-order chi connectivity index (χ0) is 11.3. The van der Waals surface area contributed by atoms with Crippen LogP contribution in [0.4, 0.5) is 4.39 Å². The van der Waals surface area contributed by atoms with Gasteiger partial charge in [-0.05, 0) is 12.0 Å². The summed E-state index contributed by atoms with van der Waals surface area (Å²) in [5.74, 6) is -2.18. The van der Waals surface area contributed by atoms with Crippen LogP contribution in [0.5, 0.6) is 0 Å². The van der Waals surface area contributed by atoms with Gasteiger partial charge in [0.15, 0.2) is 0 Å². The Hall–Kier alpha value is -1.64. The van der Waals surface area contributed by atoms with E-state index in [0.29, 0.717) is 0 Å². The fraction of sp³-hybridized carbons (Fsp3) is 0.250. The lowest BCUT2D eigenvalue weighted by Crippen LogP contribution is -2.25. The van der Waals surface area contributed by atoms with Crippen molar-refractivity contribution in [1.82, 2.24) is 0 Å². The minimum atomic E-state index is -1.51. The molecule has 0 saturated carbocycles. The molecule has 0 fully saturated rings. The molecule has 0 saturated heterocycles. The summed E-state index contributed by atoms with van der Waals surface area (Å²) in [4.78, 5) is 10.8. The topological polar surface area (TPSA) is 37.3 Å². The molecule has 0 unspecified atom stereocenters. The van der Waals surface area contributed by atoms with Crippen molar-refractivity contribution in [3.05, 3.63) is 48.6 Å². The van der Waals surface area contributed by atoms with Gasteiger partial charge in [-0.1, -0.05) is 36.4 Å². The number of carboxylic acids is 1. The summed E-state index contributed by atoms with van der Waals surface area (Å²) in [7, 11) is 0. The van der Waals surface area contributed by atoms with Gasteiger partial charge in [0, 0.05) is 0 Å². The Bertz CT molecular complexity index is 335. The van der Waals surface area contributed by atoms with Crippen molar-refractivity contribution in [1.29, 1.82) is 0 Å². The second kappa shape index (κ2) is 5.29. The van der Waals surface area contributed by atoms with Crippen LogP contribution in [0, 0.1) is 5.92 Å². The lowest BCUT2D eigenvalue weighted by atomic mass is 9.95. The fourth-order valence-electron chi connectivity index (χ4n) is 1.37. The summed E-state index contributed by atoms with van der Waals surface area (Å²) in [6, 6.07) is 9.00. The molecule has 80 valence electrons. The predicted molar refractivity (Wildman–Crippen MR) is 56.4 cm³/mol. The van der Waals surface area contributed by atoms with Crippen molar-refractivity contribution in [2.45, 2.75) is 12.6 Å². The number of carboxylic acid groups (broad SMARTS) is 1. The van der Waals surface area contributed by atoms with Gasteiger partial charge in [0.2, 0.25) is 0 Å². The molecule has 1 rings (SSSR count). The zero-order valence-electron chi connectivity index (χ0n) is 8.27. The van der Waals surface area contributed by atoms with Crippen LogP contribution in [-0.2, 0) is 11.2 Å². The minimum absolute atomic E-state index is 0.184. The Labute approximate surface area is 88.1 Å². The highest BCUT2D eigenvalue weighted by Crippen LogP contribution is 2.16. The third-order valence-electron chi connectivity index (χ3n) is 2.23. The van der Waals surface area contributed by atoms with E-state index in [-0.39, 0.29) is 6.42 Å². The number of allylic oxidation sites excluding steroid dienone is 1. The maximum absolute atomic E-state index is 13.2. The third kappa shape index (κ3) is 3.20. The summed E-state index contributed by atoms with van der Waals surface area (Å²) in [6.07, 6.45) is -0.298. The third-order valence-corrected chi connectivity index (χ3v) is 2.23. The molecule has 0 bridgehead atoms. The van der Waals surface area contributed by atoms with Crippen LogP contribution in [0.1, 0.15) is 5.56 Å². The van der Waals surface area contributed by atoms with Crippen LogP contribution in [0.3, 0.4) is 0 Å². The van der Waals surface area contributed by atoms with Crippen LogP contribution in [-0.4, -0.2) is 17.2 Å². The lowest BCUT2D eigenvalue weighted by molar-refractivity contribution is -0.143. The first-order chi connectivity index (χ1) is 7.15. The number of aliphatic carboxylic acids is 1. The summed E-state index contributed by atoms with van der Waals surface area (Å²) in [5, 5.41) is 8.85. The van der Waals surface area contributed by atoms with Gasteiger partial charge >= 0.3 is 5.97 Å². The first-order valence-corrected chi connectivity index (χ1v) is 4.68. The van der Waals surface area contributed by atoms with Gasteiger partial charge in [0.05, 0.1) is 5.92 Å². The number of carbonyl (C=O) groups is 1. The highest BCUT2D eigenvalue weighted by atomic mass is 19.1. The van der Waals surface area contributed by atoms with Crippen molar-refractivity contribution in [2.75, 3.05) is 0 Å². The number of alkyl halides is 1. The van der Waals surface area contributed by atoms with E-state index in [1.54, 1.807) is 24.3 Å². The maximum atomic E-state index is 13.2. The molecule has 0 aliphatic carbocycles. The summed E-state index contributed by atoms with van der Waals surface area (Å²) in [6.45, 7) is 3.27. The van der Waals surface area contributed by atoms with Gasteiger partial charge in [-0.25, -0.2) is 4.39 Å². The molecule has 2 atom stereocenters. The van der Waals surface area contributed by atoms with E-state index in [9.17, 15) is 9.18 Å². The number of halogens is 1. The van der Waals surface area contributed by atoms with E-state index in [1.165, 1.54) is 0 Å². The van der Waals surface area contributed by atoms with Crippen LogP contribution in [0.25, 0.3) is 0 Å². The van der Waals surface area contributed by atoms with Crippen LogP contribution in [0.15, 0.2) is 43.0 Å². The molecular formula is C12H13FO2. The SMILES string of the molecule is C=C[C@@H](F)[C@@H](Cc1ccccc1)C(=O)O. The minimum Gasteiger partial charge on any atom is -0.481 e. The average Bonchev–Trinajstić information content (AvgIpc) is 2.26. The molecule has 0 amide bonds. The van der Waals surface area contributed by atoms with Crippen molar-refractivity contribution in [2.24, 2.45) is 5.92 Å². The number of hydrogen-bond donors (Lipinski definition) is 1. The molecule has 1 aromatic rings. The normalized spacial score (nSPS) is 14.2. The summed E-state index contributed by atoms with van der Waals surface area (Å²) >= 11 is 0. The molecule has 2 nitrogen and oxygen atoms in total. The average molecular weight is 208 g/mol. The standard InChI is InChI=1S/C12H13FO2/c1-2-11(13)10(12(14)15)8-9-6-4-3-5-7-9/h2-7,10-11H,1,8H2,(H,14,15)/t10-,11-/m1/s1. The van der Waals surface area contributed by atoms with Gasteiger partial charge in [-0.3, -0.25) is 4.79 Å². The Morgan fingerprint density at radius 1 is 1.47 bits per heavy atom. The first-order valence-electron chi connectivity index (χ1n) is 4.68. The van der Waals surface area contributed by atoms with E-state index in [2.05, 4.69) is 6.58 Å². The molecular weight excluding hydrogens is 195 g/mol. The van der Waals surface area contributed by atoms with E-state index in [0.717, 1.165) is 11.6 Å². The highest BCUT2D eigenvalue weighted by molar-refractivity contribution is 5.71. The van der Waals surface area contributed by atoms with Crippen LogP contribution < -0.4 is 0 Å². The number of rotatable bonds is 5. The monoisotopic (exact) mass is 208 g/mol. The number of hydrogen-bond acceptors (Lipinski definition) is 1. The summed E-state index contributed by atoms with van der Waals surface area (Å²) in [5.41, 5.74) is 0.814. The van der Waals surface area contributed by atoms with Gasteiger partial charge in [0.1, 0.15) is 6.17 Å². The molecule has 0 aliphatic rings. The van der Waals surface area contributed by atoms with Crippen LogP contribution in [0.2, 0.25) is 0 Å². The van der Waals surface area contributed by atoms with Gasteiger partial charge in [0.25, 0.3) is 0 Å². The highest BCUT2D eigenvalue weighted by Gasteiger charge is 2.25. The Balaban J connectivity index is 2.76.